The lowest BCUT2D eigenvalue weighted by Gasteiger charge is -2.21. The number of nitrogens with zero attached hydrogens (tertiary/aromatic N) is 4. The van der Waals surface area contributed by atoms with Gasteiger partial charge in [-0.3, -0.25) is 4.68 Å². The van der Waals surface area contributed by atoms with E-state index in [-0.39, 0.29) is 16.4 Å². The number of aromatic amines is 2. The fourth-order valence-electron chi connectivity index (χ4n) is 3.41. The van der Waals surface area contributed by atoms with Gasteiger partial charge in [-0.05, 0) is 19.9 Å². The minimum absolute atomic E-state index is 0.0135. The first-order valence-corrected chi connectivity index (χ1v) is 9.64. The van der Waals surface area contributed by atoms with Crippen molar-refractivity contribution >= 4 is 0 Å². The normalized spacial score (nSPS) is 13.3. The van der Waals surface area contributed by atoms with E-state index in [9.17, 15) is 0 Å². The van der Waals surface area contributed by atoms with E-state index in [0.717, 1.165) is 13.1 Å². The van der Waals surface area contributed by atoms with Gasteiger partial charge in [0, 0.05) is 28.8 Å². The van der Waals surface area contributed by atoms with Crippen LogP contribution in [0.2, 0.25) is 0 Å². The standard InChI is InChI=1S/C21H32N6/c1-19(2,3)18-13-25(16-22-18)14-20(4,5)17-11-24-26(12-17)15-21(6,7)27-10-8-9-23-27/h8-13,16H,14-15H2,1-7H3/p+2. The fourth-order valence-corrected chi connectivity index (χ4v) is 3.41. The van der Waals surface area contributed by atoms with Gasteiger partial charge in [0.25, 0.3) is 0 Å². The van der Waals surface area contributed by atoms with Crippen LogP contribution in [0.5, 0.6) is 0 Å². The van der Waals surface area contributed by atoms with Gasteiger partial charge in [0.2, 0.25) is 6.33 Å². The molecule has 0 amide bonds. The number of imidazole rings is 1. The Morgan fingerprint density at radius 1 is 1.04 bits per heavy atom. The highest BCUT2D eigenvalue weighted by molar-refractivity contribution is 5.13. The fraction of sp³-hybridized carbons (Fsp3) is 0.571. The Morgan fingerprint density at radius 3 is 2.37 bits per heavy atom. The van der Waals surface area contributed by atoms with E-state index in [1.54, 1.807) is 0 Å². The van der Waals surface area contributed by atoms with Crippen molar-refractivity contribution in [3.05, 3.63) is 54.6 Å². The highest BCUT2D eigenvalue weighted by atomic mass is 15.3. The number of aromatic nitrogens is 6. The van der Waals surface area contributed by atoms with Crippen molar-refractivity contribution < 1.29 is 9.25 Å². The largest absolute Gasteiger partial charge is 0.261 e. The monoisotopic (exact) mass is 370 g/mol. The van der Waals surface area contributed by atoms with E-state index in [0.29, 0.717) is 0 Å². The first-order valence-electron chi connectivity index (χ1n) is 9.64. The van der Waals surface area contributed by atoms with Crippen molar-refractivity contribution in [1.82, 2.24) is 19.9 Å². The first-order chi connectivity index (χ1) is 12.5. The van der Waals surface area contributed by atoms with Crippen LogP contribution in [-0.4, -0.2) is 19.9 Å². The summed E-state index contributed by atoms with van der Waals surface area (Å²) in [5.41, 5.74) is 2.59. The third-order valence-corrected chi connectivity index (χ3v) is 5.21. The van der Waals surface area contributed by atoms with E-state index < -0.39 is 0 Å². The number of rotatable bonds is 6. The molecule has 3 aromatic heterocycles. The van der Waals surface area contributed by atoms with Crippen molar-refractivity contribution in [2.24, 2.45) is 0 Å². The Morgan fingerprint density at radius 2 is 1.78 bits per heavy atom. The second kappa shape index (κ2) is 6.66. The van der Waals surface area contributed by atoms with Crippen LogP contribution in [0.4, 0.5) is 0 Å². The second-order valence-corrected chi connectivity index (χ2v) is 9.87. The van der Waals surface area contributed by atoms with Gasteiger partial charge >= 0.3 is 0 Å². The van der Waals surface area contributed by atoms with Gasteiger partial charge in [-0.2, -0.15) is 10.2 Å². The molecule has 3 heterocycles. The second-order valence-electron chi connectivity index (χ2n) is 9.87. The van der Waals surface area contributed by atoms with Crippen molar-refractivity contribution in [1.29, 1.82) is 0 Å². The average molecular weight is 371 g/mol. The summed E-state index contributed by atoms with van der Waals surface area (Å²) in [6, 6.07) is 1.97. The zero-order valence-corrected chi connectivity index (χ0v) is 17.7. The van der Waals surface area contributed by atoms with Crippen molar-refractivity contribution in [3.63, 3.8) is 0 Å². The maximum atomic E-state index is 4.40. The first kappa shape index (κ1) is 19.4. The average Bonchev–Trinajstić information content (AvgIpc) is 3.27. The van der Waals surface area contributed by atoms with Crippen LogP contribution in [0.25, 0.3) is 0 Å². The molecule has 0 atom stereocenters. The highest BCUT2D eigenvalue weighted by Crippen LogP contribution is 2.23. The lowest BCUT2D eigenvalue weighted by Crippen LogP contribution is -2.47. The molecule has 27 heavy (non-hydrogen) atoms. The van der Waals surface area contributed by atoms with Crippen LogP contribution in [0.15, 0.2) is 43.4 Å². The Bertz CT molecular complexity index is 874. The molecule has 0 unspecified atom stereocenters. The molecule has 146 valence electrons. The molecule has 0 fully saturated rings. The number of nitrogens with one attached hydrogen (secondary N) is 2. The summed E-state index contributed by atoms with van der Waals surface area (Å²) >= 11 is 0. The molecule has 0 aliphatic carbocycles. The maximum Gasteiger partial charge on any atom is 0.241 e. The van der Waals surface area contributed by atoms with Gasteiger partial charge in [0.15, 0.2) is 12.7 Å². The van der Waals surface area contributed by atoms with Gasteiger partial charge in [-0.25, -0.2) is 9.55 Å². The van der Waals surface area contributed by atoms with Crippen LogP contribution < -0.4 is 9.25 Å². The predicted octanol–water partition coefficient (Wildman–Crippen LogP) is 2.82. The molecule has 6 heteroatoms. The Kier molecular flexibility index (Phi) is 4.78. The van der Waals surface area contributed by atoms with Crippen molar-refractivity contribution in [3.8, 4) is 0 Å². The number of hydrogen-bond donors (Lipinski definition) is 2. The minimum atomic E-state index is -0.0998. The summed E-state index contributed by atoms with van der Waals surface area (Å²) in [5, 5.41) is 7.80. The lowest BCUT2D eigenvalue weighted by molar-refractivity contribution is -0.759. The van der Waals surface area contributed by atoms with Gasteiger partial charge in [-0.15, -0.1) is 4.68 Å². The molecular weight excluding hydrogens is 336 g/mol. The van der Waals surface area contributed by atoms with E-state index in [2.05, 4.69) is 97.8 Å². The third-order valence-electron chi connectivity index (χ3n) is 5.21. The van der Waals surface area contributed by atoms with Crippen LogP contribution in [0, 0.1) is 0 Å². The third kappa shape index (κ3) is 4.31. The van der Waals surface area contributed by atoms with Crippen molar-refractivity contribution in [2.75, 3.05) is 0 Å². The Labute approximate surface area is 162 Å². The molecule has 0 aromatic carbocycles. The summed E-state index contributed by atoms with van der Waals surface area (Å²) in [6.07, 6.45) is 12.5. The topological polar surface area (TPSA) is 57.2 Å². The van der Waals surface area contributed by atoms with Crippen LogP contribution >= 0.6 is 0 Å². The zero-order chi connectivity index (χ0) is 19.9. The molecule has 0 spiro atoms. The molecule has 0 aliphatic heterocycles. The predicted molar refractivity (Wildman–Crippen MR) is 105 cm³/mol. The summed E-state index contributed by atoms with van der Waals surface area (Å²) in [6.45, 7) is 17.4. The van der Waals surface area contributed by atoms with Gasteiger partial charge in [-0.1, -0.05) is 34.6 Å². The molecule has 2 N–H and O–H groups in total. The number of hydrogen-bond acceptors (Lipinski definition) is 1. The quantitative estimate of drug-likeness (QED) is 0.644. The van der Waals surface area contributed by atoms with Crippen molar-refractivity contribution in [2.45, 2.75) is 77.9 Å². The molecule has 0 saturated heterocycles. The van der Waals surface area contributed by atoms with Gasteiger partial charge in [0.1, 0.15) is 17.4 Å². The molecule has 0 bridgehead atoms. The van der Waals surface area contributed by atoms with Crippen LogP contribution in [-0.2, 0) is 29.5 Å². The maximum absolute atomic E-state index is 4.40. The van der Waals surface area contributed by atoms with Gasteiger partial charge in [0.05, 0.1) is 12.7 Å². The molecular formula is C21H34N6+2. The van der Waals surface area contributed by atoms with E-state index in [4.69, 9.17) is 0 Å². The molecule has 6 nitrogen and oxygen atoms in total. The molecule has 0 aliphatic rings. The molecule has 0 radical (unpaired) electrons. The summed E-state index contributed by atoms with van der Waals surface area (Å²) in [4.78, 5) is 3.41. The smallest absolute Gasteiger partial charge is 0.241 e. The van der Waals surface area contributed by atoms with Gasteiger partial charge < -0.3 is 0 Å². The summed E-state index contributed by atoms with van der Waals surface area (Å²) in [5.74, 6) is 0. The van der Waals surface area contributed by atoms with Crippen LogP contribution in [0.3, 0.4) is 0 Å². The Hall–Kier alpha value is -2.37. The number of H-pyrrole nitrogens is 2. The highest BCUT2D eigenvalue weighted by Gasteiger charge is 2.32. The molecule has 3 rings (SSSR count). The van der Waals surface area contributed by atoms with E-state index in [1.165, 1.54) is 11.3 Å². The Balaban J connectivity index is 1.73. The van der Waals surface area contributed by atoms with E-state index >= 15 is 0 Å². The van der Waals surface area contributed by atoms with E-state index in [1.807, 2.05) is 23.1 Å². The summed E-state index contributed by atoms with van der Waals surface area (Å²) in [7, 11) is 0. The summed E-state index contributed by atoms with van der Waals surface area (Å²) < 4.78 is 6.42. The SMILES string of the molecule is CC(C)(C)c1c[n+](CC(C)(C)c2c[nH][n+](CC(C)(C)n3cccn3)c2)c[nH]1. The lowest BCUT2D eigenvalue weighted by atomic mass is 9.86. The zero-order valence-electron chi connectivity index (χ0n) is 17.7. The minimum Gasteiger partial charge on any atom is -0.261 e. The molecule has 3 aromatic rings. The molecule has 0 saturated carbocycles. The van der Waals surface area contributed by atoms with Crippen LogP contribution in [0.1, 0.15) is 59.7 Å².